The SMILES string of the molecule is CC1(C2CCCNC2)COC(=O)N1Cc1ccc(O)cc1. The fraction of sp³-hybridized carbons (Fsp3) is 0.562. The highest BCUT2D eigenvalue weighted by Gasteiger charge is 2.48. The molecule has 2 aliphatic rings. The molecule has 0 radical (unpaired) electrons. The molecule has 2 fully saturated rings. The summed E-state index contributed by atoms with van der Waals surface area (Å²) in [6, 6.07) is 6.99. The van der Waals surface area contributed by atoms with Crippen molar-refractivity contribution in [2.45, 2.75) is 31.8 Å². The van der Waals surface area contributed by atoms with Crippen molar-refractivity contribution in [1.29, 1.82) is 0 Å². The topological polar surface area (TPSA) is 61.8 Å². The molecule has 1 amide bonds. The molecule has 1 aromatic carbocycles. The van der Waals surface area contributed by atoms with Crippen LogP contribution in [0.4, 0.5) is 4.79 Å². The number of aromatic hydroxyl groups is 1. The van der Waals surface area contributed by atoms with E-state index in [0.717, 1.165) is 31.5 Å². The number of phenolic OH excluding ortho intramolecular Hbond substituents is 1. The molecule has 0 spiro atoms. The van der Waals surface area contributed by atoms with E-state index in [-0.39, 0.29) is 17.4 Å². The molecule has 0 saturated carbocycles. The number of nitrogens with one attached hydrogen (secondary N) is 1. The zero-order valence-corrected chi connectivity index (χ0v) is 12.3. The van der Waals surface area contributed by atoms with Crippen LogP contribution in [0.2, 0.25) is 0 Å². The van der Waals surface area contributed by atoms with Crippen molar-refractivity contribution in [2.24, 2.45) is 5.92 Å². The van der Waals surface area contributed by atoms with Crippen LogP contribution < -0.4 is 5.32 Å². The Hall–Kier alpha value is -1.75. The van der Waals surface area contributed by atoms with Crippen LogP contribution in [0.3, 0.4) is 0 Å². The lowest BCUT2D eigenvalue weighted by Gasteiger charge is -2.41. The maximum absolute atomic E-state index is 12.1. The summed E-state index contributed by atoms with van der Waals surface area (Å²) in [4.78, 5) is 14.0. The molecule has 3 rings (SSSR count). The van der Waals surface area contributed by atoms with Gasteiger partial charge in [0.15, 0.2) is 0 Å². The minimum atomic E-state index is -0.262. The summed E-state index contributed by atoms with van der Waals surface area (Å²) in [7, 11) is 0. The van der Waals surface area contributed by atoms with Crippen LogP contribution in [0.25, 0.3) is 0 Å². The predicted molar refractivity (Wildman–Crippen MR) is 79.0 cm³/mol. The average molecular weight is 290 g/mol. The Morgan fingerprint density at radius 3 is 2.86 bits per heavy atom. The maximum atomic E-state index is 12.1. The van der Waals surface area contributed by atoms with Gasteiger partial charge in [0, 0.05) is 13.1 Å². The normalized spacial score (nSPS) is 29.5. The molecular weight excluding hydrogens is 268 g/mol. The van der Waals surface area contributed by atoms with Crippen LogP contribution in [0.5, 0.6) is 5.75 Å². The van der Waals surface area contributed by atoms with Crippen molar-refractivity contribution in [3.05, 3.63) is 29.8 Å². The molecule has 2 saturated heterocycles. The van der Waals surface area contributed by atoms with Gasteiger partial charge >= 0.3 is 6.09 Å². The highest BCUT2D eigenvalue weighted by molar-refractivity contribution is 5.71. The molecule has 2 unspecified atom stereocenters. The Balaban J connectivity index is 1.79. The van der Waals surface area contributed by atoms with E-state index in [0.29, 0.717) is 19.1 Å². The van der Waals surface area contributed by atoms with Crippen molar-refractivity contribution in [3.63, 3.8) is 0 Å². The molecule has 2 atom stereocenters. The van der Waals surface area contributed by atoms with Crippen molar-refractivity contribution in [2.75, 3.05) is 19.7 Å². The average Bonchev–Trinajstić information content (AvgIpc) is 2.80. The number of carbonyl (C=O) groups is 1. The van der Waals surface area contributed by atoms with Gasteiger partial charge in [0.05, 0.1) is 5.54 Å². The molecule has 114 valence electrons. The number of hydrogen-bond donors (Lipinski definition) is 2. The van der Waals surface area contributed by atoms with E-state index in [1.165, 1.54) is 0 Å². The third-order valence-electron chi connectivity index (χ3n) is 4.78. The van der Waals surface area contributed by atoms with Gasteiger partial charge in [0.1, 0.15) is 12.4 Å². The van der Waals surface area contributed by atoms with Gasteiger partial charge < -0.3 is 15.2 Å². The van der Waals surface area contributed by atoms with Crippen LogP contribution >= 0.6 is 0 Å². The van der Waals surface area contributed by atoms with Crippen molar-refractivity contribution in [3.8, 4) is 5.75 Å². The van der Waals surface area contributed by atoms with E-state index in [4.69, 9.17) is 4.74 Å². The van der Waals surface area contributed by atoms with Gasteiger partial charge in [-0.25, -0.2) is 4.79 Å². The first-order valence-corrected chi connectivity index (χ1v) is 7.52. The summed E-state index contributed by atoms with van der Waals surface area (Å²) in [5.41, 5.74) is 0.740. The number of benzene rings is 1. The maximum Gasteiger partial charge on any atom is 0.410 e. The molecule has 2 N–H and O–H groups in total. The van der Waals surface area contributed by atoms with Crippen molar-refractivity contribution >= 4 is 6.09 Å². The summed E-state index contributed by atoms with van der Waals surface area (Å²) in [5, 5.41) is 12.8. The highest BCUT2D eigenvalue weighted by atomic mass is 16.6. The first-order valence-electron chi connectivity index (χ1n) is 7.52. The first kappa shape index (κ1) is 14.2. The van der Waals surface area contributed by atoms with Crippen LogP contribution in [0.1, 0.15) is 25.3 Å². The van der Waals surface area contributed by atoms with Gasteiger partial charge in [-0.3, -0.25) is 4.90 Å². The lowest BCUT2D eigenvalue weighted by molar-refractivity contribution is 0.0922. The summed E-state index contributed by atoms with van der Waals surface area (Å²) < 4.78 is 5.34. The smallest absolute Gasteiger partial charge is 0.410 e. The quantitative estimate of drug-likeness (QED) is 0.895. The number of cyclic esters (lactones) is 1. The summed E-state index contributed by atoms with van der Waals surface area (Å²) in [5.74, 6) is 0.650. The second kappa shape index (κ2) is 5.56. The zero-order chi connectivity index (χ0) is 14.9. The van der Waals surface area contributed by atoms with Gasteiger partial charge in [-0.05, 0) is 49.9 Å². The number of piperidine rings is 1. The summed E-state index contributed by atoms with van der Waals surface area (Å²) in [6.45, 7) is 5.08. The lowest BCUT2D eigenvalue weighted by Crippen LogP contribution is -2.54. The minimum absolute atomic E-state index is 0.238. The van der Waals surface area contributed by atoms with Crippen LogP contribution in [0.15, 0.2) is 24.3 Å². The lowest BCUT2D eigenvalue weighted by atomic mass is 9.80. The third-order valence-corrected chi connectivity index (χ3v) is 4.78. The number of hydrogen-bond acceptors (Lipinski definition) is 4. The highest BCUT2D eigenvalue weighted by Crippen LogP contribution is 2.36. The molecule has 0 aromatic heterocycles. The molecule has 21 heavy (non-hydrogen) atoms. The van der Waals surface area contributed by atoms with Gasteiger partial charge in [0.25, 0.3) is 0 Å². The number of amides is 1. The monoisotopic (exact) mass is 290 g/mol. The minimum Gasteiger partial charge on any atom is -0.508 e. The Labute approximate surface area is 124 Å². The van der Waals surface area contributed by atoms with Gasteiger partial charge in [0.2, 0.25) is 0 Å². The standard InChI is InChI=1S/C16H22N2O3/c1-16(13-3-2-8-17-9-13)11-21-15(20)18(16)10-12-4-6-14(19)7-5-12/h4-7,13,17,19H,2-3,8-11H2,1H3. The third kappa shape index (κ3) is 2.70. The molecule has 2 aliphatic heterocycles. The summed E-state index contributed by atoms with van der Waals surface area (Å²) >= 11 is 0. The Morgan fingerprint density at radius 1 is 1.43 bits per heavy atom. The molecule has 0 aliphatic carbocycles. The second-order valence-corrected chi connectivity index (χ2v) is 6.21. The van der Waals surface area contributed by atoms with E-state index in [9.17, 15) is 9.90 Å². The second-order valence-electron chi connectivity index (χ2n) is 6.21. The number of ether oxygens (including phenoxy) is 1. The van der Waals surface area contributed by atoms with Crippen LogP contribution in [-0.2, 0) is 11.3 Å². The van der Waals surface area contributed by atoms with E-state index in [1.807, 2.05) is 17.0 Å². The first-order chi connectivity index (χ1) is 10.1. The van der Waals surface area contributed by atoms with Crippen molar-refractivity contribution < 1.29 is 14.6 Å². The largest absolute Gasteiger partial charge is 0.508 e. The number of nitrogens with zero attached hydrogens (tertiary/aromatic N) is 1. The molecular formula is C16H22N2O3. The van der Waals surface area contributed by atoms with E-state index >= 15 is 0 Å². The van der Waals surface area contributed by atoms with Gasteiger partial charge in [-0.2, -0.15) is 0 Å². The van der Waals surface area contributed by atoms with Crippen molar-refractivity contribution in [1.82, 2.24) is 10.2 Å². The van der Waals surface area contributed by atoms with Gasteiger partial charge in [-0.1, -0.05) is 12.1 Å². The fourth-order valence-electron chi connectivity index (χ4n) is 3.32. The molecule has 0 bridgehead atoms. The molecule has 5 heteroatoms. The van der Waals surface area contributed by atoms with Gasteiger partial charge in [-0.15, -0.1) is 0 Å². The van der Waals surface area contributed by atoms with E-state index in [2.05, 4.69) is 12.2 Å². The Morgan fingerprint density at radius 2 is 2.19 bits per heavy atom. The molecule has 5 nitrogen and oxygen atoms in total. The Bertz CT molecular complexity index is 511. The number of phenols is 1. The van der Waals surface area contributed by atoms with Crippen LogP contribution in [0, 0.1) is 5.92 Å². The van der Waals surface area contributed by atoms with E-state index in [1.54, 1.807) is 12.1 Å². The summed E-state index contributed by atoms with van der Waals surface area (Å²) in [6.07, 6.45) is 2.02. The van der Waals surface area contributed by atoms with Crippen LogP contribution in [-0.4, -0.2) is 41.3 Å². The zero-order valence-electron chi connectivity index (χ0n) is 12.3. The fourth-order valence-corrected chi connectivity index (χ4v) is 3.32. The molecule has 2 heterocycles. The molecule has 1 aromatic rings. The predicted octanol–water partition coefficient (Wildman–Crippen LogP) is 2.10. The Kier molecular flexibility index (Phi) is 3.76. The number of rotatable bonds is 3. The number of carbonyl (C=O) groups excluding carboxylic acids is 1. The van der Waals surface area contributed by atoms with E-state index < -0.39 is 0 Å².